The van der Waals surface area contributed by atoms with Gasteiger partial charge in [-0.1, -0.05) is 34.6 Å². The highest BCUT2D eigenvalue weighted by atomic mass is 127. The molecule has 0 aliphatic rings. The van der Waals surface area contributed by atoms with Gasteiger partial charge in [-0.3, -0.25) is 8.77 Å². The van der Waals surface area contributed by atoms with E-state index in [1.807, 2.05) is 44.8 Å². The molecule has 0 spiro atoms. The fourth-order valence-electron chi connectivity index (χ4n) is 3.03. The first-order valence-corrected chi connectivity index (χ1v) is 12.6. The molecule has 0 amide bonds. The van der Waals surface area contributed by atoms with E-state index in [0.29, 0.717) is 22.4 Å². The molecular weight excluding hydrogens is 502 g/mol. The number of hydrogen-bond donors (Lipinski definition) is 1. The Morgan fingerprint density at radius 3 is 2.66 bits per heavy atom. The van der Waals surface area contributed by atoms with Crippen LogP contribution >= 0.6 is 30.3 Å². The van der Waals surface area contributed by atoms with E-state index in [1.165, 1.54) is 21.3 Å². The lowest BCUT2D eigenvalue weighted by molar-refractivity contribution is 0.0860. The minimum atomic E-state index is -0.524. The number of aromatic amines is 1. The molecule has 3 heterocycles. The molecule has 0 aliphatic heterocycles. The predicted octanol–water partition coefficient (Wildman–Crippen LogP) is 6.82. The third-order valence-corrected chi connectivity index (χ3v) is 6.11. The number of fused-ring (bicyclic) bond motifs is 2. The van der Waals surface area contributed by atoms with Crippen molar-refractivity contribution in [3.8, 4) is 11.3 Å². The van der Waals surface area contributed by atoms with Crippen molar-refractivity contribution >= 4 is 58.2 Å². The summed E-state index contributed by atoms with van der Waals surface area (Å²) in [7, 11) is 1.49. The molecule has 0 saturated carbocycles. The van der Waals surface area contributed by atoms with Crippen molar-refractivity contribution in [1.29, 1.82) is 0 Å². The molecule has 8 heteroatoms. The van der Waals surface area contributed by atoms with Crippen molar-refractivity contribution in [2.24, 2.45) is 5.41 Å². The van der Waals surface area contributed by atoms with E-state index in [2.05, 4.69) is 31.2 Å². The van der Waals surface area contributed by atoms with Crippen molar-refractivity contribution in [1.82, 2.24) is 18.9 Å². The molecular formula is C21H22FIN4OS. The summed E-state index contributed by atoms with van der Waals surface area (Å²) in [6.07, 6.45) is 5.21. The smallest absolute Gasteiger partial charge is 0.171 e. The minimum Gasteiger partial charge on any atom is -0.344 e. The van der Waals surface area contributed by atoms with Gasteiger partial charge < -0.3 is 4.98 Å². The van der Waals surface area contributed by atoms with Gasteiger partial charge in [0.1, 0.15) is 11.3 Å². The summed E-state index contributed by atoms with van der Waals surface area (Å²) < 4.78 is 15.8. The van der Waals surface area contributed by atoms with Crippen LogP contribution in [0.2, 0.25) is 0 Å². The number of aromatic nitrogens is 4. The fraction of sp³-hybridized carbons (Fsp3) is 0.286. The molecule has 1 N–H and O–H groups in total. The van der Waals surface area contributed by atoms with Crippen molar-refractivity contribution in [2.75, 3.05) is 0 Å². The van der Waals surface area contributed by atoms with E-state index >= 15 is 0 Å². The van der Waals surface area contributed by atoms with Gasteiger partial charge in [-0.05, 0) is 18.2 Å². The van der Waals surface area contributed by atoms with Gasteiger partial charge in [-0.15, -0.1) is 0 Å². The highest BCUT2D eigenvalue weighted by molar-refractivity contribution is 14.2. The zero-order chi connectivity index (χ0) is 21.3. The van der Waals surface area contributed by atoms with Crippen LogP contribution in [-0.2, 0) is 0 Å². The van der Waals surface area contributed by atoms with Crippen LogP contribution in [-0.4, -0.2) is 24.7 Å². The number of halogens is 2. The van der Waals surface area contributed by atoms with Crippen LogP contribution in [0.4, 0.5) is 4.39 Å². The third-order valence-electron chi connectivity index (χ3n) is 4.39. The molecule has 5 nitrogen and oxygen atoms in total. The van der Waals surface area contributed by atoms with Gasteiger partial charge in [0.2, 0.25) is 0 Å². The number of rotatable bonds is 3. The standard InChI is InChI=1S/C19H16FIN4OS.C2H6/c1-19(2,3)17(26)12-7-22-18-16(12)24-14(8-23-18)13-9-25(27-21)15-5-4-10(20)6-11(13)15;1-2/h4-9H,1-3H3,(H,22,23);1-2H3. The summed E-state index contributed by atoms with van der Waals surface area (Å²) in [5.41, 5.74) is 3.36. The Hall–Kier alpha value is -1.94. The molecule has 0 atom stereocenters. The Bertz CT molecular complexity index is 1190. The molecule has 1 aromatic carbocycles. The molecule has 29 heavy (non-hydrogen) atoms. The normalized spacial score (nSPS) is 11.6. The summed E-state index contributed by atoms with van der Waals surface area (Å²) in [5.74, 6) is -0.310. The molecule has 4 aromatic rings. The Balaban J connectivity index is 0.00000117. The van der Waals surface area contributed by atoms with Gasteiger partial charge in [0.25, 0.3) is 0 Å². The largest absolute Gasteiger partial charge is 0.344 e. The lowest BCUT2D eigenvalue weighted by Gasteiger charge is -2.15. The molecule has 0 saturated heterocycles. The van der Waals surface area contributed by atoms with Gasteiger partial charge in [0, 0.05) is 59.1 Å². The van der Waals surface area contributed by atoms with E-state index in [1.54, 1.807) is 18.5 Å². The van der Waals surface area contributed by atoms with Crippen LogP contribution in [0.25, 0.3) is 33.3 Å². The monoisotopic (exact) mass is 524 g/mol. The molecule has 0 radical (unpaired) electrons. The van der Waals surface area contributed by atoms with Gasteiger partial charge in [0.15, 0.2) is 11.4 Å². The van der Waals surface area contributed by atoms with E-state index in [0.717, 1.165) is 16.5 Å². The lowest BCUT2D eigenvalue weighted by Crippen LogP contribution is -2.20. The highest BCUT2D eigenvalue weighted by Gasteiger charge is 2.26. The van der Waals surface area contributed by atoms with Crippen LogP contribution in [0.15, 0.2) is 36.8 Å². The summed E-state index contributed by atoms with van der Waals surface area (Å²) in [6, 6.07) is 4.69. The number of nitrogens with one attached hydrogen (secondary N) is 1. The number of carbonyl (C=O) groups excluding carboxylic acids is 1. The van der Waals surface area contributed by atoms with Crippen molar-refractivity contribution in [2.45, 2.75) is 34.6 Å². The van der Waals surface area contributed by atoms with Crippen molar-refractivity contribution < 1.29 is 9.18 Å². The average molecular weight is 524 g/mol. The van der Waals surface area contributed by atoms with E-state index < -0.39 is 5.41 Å². The van der Waals surface area contributed by atoms with Gasteiger partial charge in [0.05, 0.1) is 23.0 Å². The van der Waals surface area contributed by atoms with Crippen LogP contribution in [0.1, 0.15) is 45.0 Å². The highest BCUT2D eigenvalue weighted by Crippen LogP contribution is 2.35. The summed E-state index contributed by atoms with van der Waals surface area (Å²) in [4.78, 5) is 24.9. The first-order valence-electron chi connectivity index (χ1n) is 9.28. The minimum absolute atomic E-state index is 0.00325. The summed E-state index contributed by atoms with van der Waals surface area (Å²) in [6.45, 7) is 9.62. The lowest BCUT2D eigenvalue weighted by atomic mass is 9.87. The molecule has 0 fully saturated rings. The molecule has 0 bridgehead atoms. The van der Waals surface area contributed by atoms with Gasteiger partial charge >= 0.3 is 0 Å². The topological polar surface area (TPSA) is 63.6 Å². The zero-order valence-electron chi connectivity index (χ0n) is 16.9. The quantitative estimate of drug-likeness (QED) is 0.236. The fourth-order valence-corrected chi connectivity index (χ4v) is 4.39. The molecule has 3 aromatic heterocycles. The van der Waals surface area contributed by atoms with Crippen molar-refractivity contribution in [3.05, 3.63) is 48.2 Å². The first kappa shape index (κ1) is 21.8. The molecule has 4 rings (SSSR count). The van der Waals surface area contributed by atoms with Gasteiger partial charge in [-0.2, -0.15) is 0 Å². The predicted molar refractivity (Wildman–Crippen MR) is 127 cm³/mol. The maximum atomic E-state index is 13.8. The second-order valence-corrected chi connectivity index (χ2v) is 9.05. The number of benzene rings is 1. The number of ketones is 1. The Morgan fingerprint density at radius 1 is 1.28 bits per heavy atom. The maximum absolute atomic E-state index is 13.8. The zero-order valence-corrected chi connectivity index (χ0v) is 19.9. The Kier molecular flexibility index (Phi) is 6.33. The summed E-state index contributed by atoms with van der Waals surface area (Å²) in [5, 5.41) is 0.757. The first-order chi connectivity index (χ1) is 13.8. The number of nitrogens with zero attached hydrogens (tertiary/aromatic N) is 3. The van der Waals surface area contributed by atoms with Gasteiger partial charge in [-0.25, -0.2) is 14.4 Å². The SMILES string of the molecule is CC.CC(C)(C)C(=O)c1c[nH]c2ncc(-c3cn(SI)c4ccc(F)cc34)nc12. The second kappa shape index (κ2) is 8.43. The van der Waals surface area contributed by atoms with Crippen LogP contribution in [0, 0.1) is 11.2 Å². The van der Waals surface area contributed by atoms with E-state index in [4.69, 9.17) is 4.98 Å². The molecule has 0 unspecified atom stereocenters. The number of carbonyl (C=O) groups is 1. The third kappa shape index (κ3) is 4.05. The molecule has 0 aliphatic carbocycles. The van der Waals surface area contributed by atoms with E-state index in [-0.39, 0.29) is 11.6 Å². The number of Topliss-reactive ketones (excluding diaryl/α,β-unsaturated/α-hetero) is 1. The van der Waals surface area contributed by atoms with Crippen LogP contribution in [0.5, 0.6) is 0 Å². The maximum Gasteiger partial charge on any atom is 0.171 e. The summed E-state index contributed by atoms with van der Waals surface area (Å²) >= 11 is 2.18. The molecule has 152 valence electrons. The number of hydrogen-bond acceptors (Lipinski definition) is 4. The van der Waals surface area contributed by atoms with Crippen molar-refractivity contribution in [3.63, 3.8) is 0 Å². The van der Waals surface area contributed by atoms with Crippen LogP contribution in [0.3, 0.4) is 0 Å². The van der Waals surface area contributed by atoms with E-state index in [9.17, 15) is 9.18 Å². The number of H-pyrrole nitrogens is 1. The Labute approximate surface area is 185 Å². The average Bonchev–Trinajstić information content (AvgIpc) is 3.28. The Morgan fingerprint density at radius 2 is 2.00 bits per heavy atom. The second-order valence-electron chi connectivity index (χ2n) is 7.33. The van der Waals surface area contributed by atoms with Crippen LogP contribution < -0.4 is 0 Å².